The minimum absolute atomic E-state index is 0.0941. The second-order valence-corrected chi connectivity index (χ2v) is 4.61. The predicted molar refractivity (Wildman–Crippen MR) is 72.5 cm³/mol. The summed E-state index contributed by atoms with van der Waals surface area (Å²) in [7, 11) is 1.58. The van der Waals surface area contributed by atoms with Gasteiger partial charge in [0.25, 0.3) is 0 Å². The van der Waals surface area contributed by atoms with Crippen LogP contribution < -0.4 is 11.1 Å². The van der Waals surface area contributed by atoms with E-state index in [1.807, 2.05) is 19.1 Å². The molecule has 2 atom stereocenters. The fraction of sp³-hybridized carbons (Fsp3) is 0.462. The molecule has 0 heterocycles. The molecule has 1 amide bonds. The number of nitrogens with one attached hydrogen (secondary N) is 1. The van der Waals surface area contributed by atoms with Crippen LogP contribution in [0.4, 0.5) is 0 Å². The number of methoxy groups -OCH3 is 1. The number of carbonyl (C=O) groups is 1. The highest BCUT2D eigenvalue weighted by atomic mass is 35.5. The normalized spacial score (nSPS) is 14.0. The Morgan fingerprint density at radius 3 is 2.61 bits per heavy atom. The van der Waals surface area contributed by atoms with Gasteiger partial charge in [-0.2, -0.15) is 0 Å². The van der Waals surface area contributed by atoms with Crippen LogP contribution in [-0.2, 0) is 9.53 Å². The first kappa shape index (κ1) is 15.0. The number of amides is 1. The van der Waals surface area contributed by atoms with Crippen molar-refractivity contribution in [2.24, 2.45) is 5.73 Å². The third-order valence-corrected chi connectivity index (χ3v) is 2.95. The summed E-state index contributed by atoms with van der Waals surface area (Å²) in [6.45, 7) is 2.38. The van der Waals surface area contributed by atoms with Gasteiger partial charge in [-0.15, -0.1) is 0 Å². The van der Waals surface area contributed by atoms with Gasteiger partial charge in [0.15, 0.2) is 0 Å². The third kappa shape index (κ3) is 4.64. The Hall–Kier alpha value is -1.10. The van der Waals surface area contributed by atoms with Crippen LogP contribution in [-0.4, -0.2) is 25.7 Å². The molecule has 5 heteroatoms. The fourth-order valence-corrected chi connectivity index (χ4v) is 1.66. The number of hydrogen-bond donors (Lipinski definition) is 2. The highest BCUT2D eigenvalue weighted by Gasteiger charge is 2.16. The molecule has 0 fully saturated rings. The molecule has 1 aromatic rings. The second-order valence-electron chi connectivity index (χ2n) is 4.17. The fourth-order valence-electron chi connectivity index (χ4n) is 1.53. The van der Waals surface area contributed by atoms with E-state index < -0.39 is 6.04 Å². The van der Waals surface area contributed by atoms with E-state index in [2.05, 4.69) is 5.32 Å². The van der Waals surface area contributed by atoms with Crippen molar-refractivity contribution in [2.45, 2.75) is 25.4 Å². The van der Waals surface area contributed by atoms with Crippen molar-refractivity contribution in [3.05, 3.63) is 34.9 Å². The maximum absolute atomic E-state index is 11.8. The first-order valence-corrected chi connectivity index (χ1v) is 6.22. The van der Waals surface area contributed by atoms with Crippen molar-refractivity contribution in [3.8, 4) is 0 Å². The lowest BCUT2D eigenvalue weighted by molar-refractivity contribution is -0.123. The summed E-state index contributed by atoms with van der Waals surface area (Å²) in [5, 5.41) is 3.54. The van der Waals surface area contributed by atoms with Crippen LogP contribution in [0.15, 0.2) is 24.3 Å². The molecule has 1 aromatic carbocycles. The predicted octanol–water partition coefficient (Wildman–Crippen LogP) is 1.88. The van der Waals surface area contributed by atoms with E-state index in [4.69, 9.17) is 22.1 Å². The maximum Gasteiger partial charge on any atom is 0.237 e. The summed E-state index contributed by atoms with van der Waals surface area (Å²) in [5.74, 6) is -0.172. The number of benzene rings is 1. The molecule has 0 saturated heterocycles. The van der Waals surface area contributed by atoms with Crippen LogP contribution in [0.2, 0.25) is 5.02 Å². The monoisotopic (exact) mass is 270 g/mol. The molecule has 18 heavy (non-hydrogen) atoms. The molecule has 1 rings (SSSR count). The molecule has 0 aromatic heterocycles. The van der Waals surface area contributed by atoms with Crippen molar-refractivity contribution >= 4 is 17.5 Å². The van der Waals surface area contributed by atoms with Gasteiger partial charge in [0.1, 0.15) is 0 Å². The van der Waals surface area contributed by atoms with Gasteiger partial charge in [0.2, 0.25) is 5.91 Å². The molecule has 1 unspecified atom stereocenters. The van der Waals surface area contributed by atoms with Gasteiger partial charge in [-0.25, -0.2) is 0 Å². The van der Waals surface area contributed by atoms with Crippen molar-refractivity contribution < 1.29 is 9.53 Å². The first-order chi connectivity index (χ1) is 8.54. The molecule has 4 nitrogen and oxygen atoms in total. The van der Waals surface area contributed by atoms with E-state index in [1.54, 1.807) is 19.2 Å². The van der Waals surface area contributed by atoms with Gasteiger partial charge in [-0.1, -0.05) is 23.7 Å². The number of carbonyl (C=O) groups excluding carboxylic acids is 1. The Balaban J connectivity index is 2.51. The third-order valence-electron chi connectivity index (χ3n) is 2.70. The Morgan fingerprint density at radius 2 is 2.06 bits per heavy atom. The van der Waals surface area contributed by atoms with E-state index in [1.165, 1.54) is 0 Å². The Kier molecular flexibility index (Phi) is 6.12. The number of halogens is 1. The zero-order valence-electron chi connectivity index (χ0n) is 10.7. The van der Waals surface area contributed by atoms with Crippen molar-refractivity contribution in [1.82, 2.24) is 5.32 Å². The minimum atomic E-state index is -0.542. The number of rotatable bonds is 6. The Labute approximate surface area is 112 Å². The van der Waals surface area contributed by atoms with Crippen LogP contribution in [0.1, 0.15) is 24.9 Å². The van der Waals surface area contributed by atoms with Gasteiger partial charge in [-0.05, 0) is 31.0 Å². The van der Waals surface area contributed by atoms with E-state index >= 15 is 0 Å². The summed E-state index contributed by atoms with van der Waals surface area (Å²) in [6, 6.07) is 6.72. The maximum atomic E-state index is 11.8. The van der Waals surface area contributed by atoms with Crippen LogP contribution >= 0.6 is 11.6 Å². The molecule has 0 bridgehead atoms. The molecular weight excluding hydrogens is 252 g/mol. The van der Waals surface area contributed by atoms with Gasteiger partial charge in [0.05, 0.1) is 12.1 Å². The summed E-state index contributed by atoms with van der Waals surface area (Å²) in [5.41, 5.74) is 6.73. The quantitative estimate of drug-likeness (QED) is 0.830. The van der Waals surface area contributed by atoms with E-state index in [9.17, 15) is 4.79 Å². The van der Waals surface area contributed by atoms with Crippen LogP contribution in [0.3, 0.4) is 0 Å². The highest BCUT2D eigenvalue weighted by molar-refractivity contribution is 6.30. The zero-order chi connectivity index (χ0) is 13.5. The molecule has 0 saturated carbocycles. The smallest absolute Gasteiger partial charge is 0.237 e. The summed E-state index contributed by atoms with van der Waals surface area (Å²) < 4.78 is 4.89. The number of hydrogen-bond acceptors (Lipinski definition) is 3. The Morgan fingerprint density at radius 1 is 1.44 bits per heavy atom. The summed E-state index contributed by atoms with van der Waals surface area (Å²) >= 11 is 5.81. The van der Waals surface area contributed by atoms with Crippen LogP contribution in [0.25, 0.3) is 0 Å². The van der Waals surface area contributed by atoms with Gasteiger partial charge in [-0.3, -0.25) is 4.79 Å². The minimum Gasteiger partial charge on any atom is -0.385 e. The second kappa shape index (κ2) is 7.36. The van der Waals surface area contributed by atoms with Gasteiger partial charge >= 0.3 is 0 Å². The van der Waals surface area contributed by atoms with Crippen LogP contribution in [0, 0.1) is 0 Å². The van der Waals surface area contributed by atoms with E-state index in [0.29, 0.717) is 18.1 Å². The average molecular weight is 271 g/mol. The zero-order valence-corrected chi connectivity index (χ0v) is 11.4. The number of ether oxygens (including phenoxy) is 1. The van der Waals surface area contributed by atoms with Crippen molar-refractivity contribution in [1.29, 1.82) is 0 Å². The lowest BCUT2D eigenvalue weighted by Gasteiger charge is -2.17. The molecule has 3 N–H and O–H groups in total. The molecule has 0 aliphatic carbocycles. The lowest BCUT2D eigenvalue weighted by Crippen LogP contribution is -2.42. The standard InChI is InChI=1S/C13H19ClN2O2/c1-9(10-3-5-11(14)6-4-10)16-13(17)12(15)7-8-18-2/h3-6,9,12H,7-8,15H2,1-2H3,(H,16,17)/t9-,12?/m0/s1. The largest absolute Gasteiger partial charge is 0.385 e. The van der Waals surface area contributed by atoms with E-state index in [0.717, 1.165) is 5.56 Å². The topological polar surface area (TPSA) is 64.3 Å². The summed E-state index contributed by atoms with van der Waals surface area (Å²) in [6.07, 6.45) is 0.510. The lowest BCUT2D eigenvalue weighted by atomic mass is 10.1. The van der Waals surface area contributed by atoms with Gasteiger partial charge in [0, 0.05) is 18.7 Å². The molecular formula is C13H19ClN2O2. The highest BCUT2D eigenvalue weighted by Crippen LogP contribution is 2.16. The average Bonchev–Trinajstić information content (AvgIpc) is 2.36. The SMILES string of the molecule is COCCC(N)C(=O)N[C@@H](C)c1ccc(Cl)cc1. The van der Waals surface area contributed by atoms with E-state index in [-0.39, 0.29) is 11.9 Å². The first-order valence-electron chi connectivity index (χ1n) is 5.85. The van der Waals surface area contributed by atoms with Crippen molar-refractivity contribution in [2.75, 3.05) is 13.7 Å². The number of nitrogens with two attached hydrogens (primary N) is 1. The summed E-state index contributed by atoms with van der Waals surface area (Å²) in [4.78, 5) is 11.8. The van der Waals surface area contributed by atoms with Crippen molar-refractivity contribution in [3.63, 3.8) is 0 Å². The molecule has 0 aliphatic rings. The van der Waals surface area contributed by atoms with Gasteiger partial charge < -0.3 is 15.8 Å². The molecule has 0 aliphatic heterocycles. The Bertz CT molecular complexity index is 381. The molecule has 0 spiro atoms. The molecule has 100 valence electrons. The molecule has 0 radical (unpaired) electrons. The van der Waals surface area contributed by atoms with Crippen LogP contribution in [0.5, 0.6) is 0 Å².